The number of Topliss-reactive ketones (excluding diaryl/α,β-unsaturated/α-hetero) is 1. The Morgan fingerprint density at radius 3 is 2.41 bits per heavy atom. The molecule has 0 bridgehead atoms. The molecule has 1 aromatic heterocycles. The Bertz CT molecular complexity index is 1080. The van der Waals surface area contributed by atoms with Gasteiger partial charge in [0.25, 0.3) is 0 Å². The molecule has 2 saturated carbocycles. The molecule has 6 rings (SSSR count). The van der Waals surface area contributed by atoms with E-state index in [-0.39, 0.29) is 18.1 Å². The molecule has 8 heteroatoms. The summed E-state index contributed by atoms with van der Waals surface area (Å²) >= 11 is 0. The van der Waals surface area contributed by atoms with Crippen LogP contribution in [-0.2, 0) is 28.5 Å². The molecular weight excluding hydrogens is 440 g/mol. The lowest BCUT2D eigenvalue weighted by atomic mass is 9.36. The molecule has 3 aliphatic heterocycles. The summed E-state index contributed by atoms with van der Waals surface area (Å²) in [5.41, 5.74) is -3.75. The molecule has 0 unspecified atom stereocenters. The SMILES string of the molecule is CO[C@@]1(C)OC(C)(C)[C@@H]2CC(=O)[C@]3(C)[C@H]([C@@H](O)C[C@@]4(C)[C@H](c5ccoc5)OC(=O)[C@H]5O[C@]543)[C@]21C. The van der Waals surface area contributed by atoms with Gasteiger partial charge in [-0.15, -0.1) is 0 Å². The Labute approximate surface area is 199 Å². The zero-order chi connectivity index (χ0) is 24.7. The van der Waals surface area contributed by atoms with E-state index in [1.165, 1.54) is 6.26 Å². The molecule has 0 aromatic carbocycles. The van der Waals surface area contributed by atoms with E-state index in [0.717, 1.165) is 0 Å². The molecule has 8 nitrogen and oxygen atoms in total. The number of cyclic esters (lactones) is 1. The van der Waals surface area contributed by atoms with Crippen molar-refractivity contribution >= 4 is 11.8 Å². The number of methoxy groups -OCH3 is 1. The van der Waals surface area contributed by atoms with Crippen LogP contribution in [0.25, 0.3) is 0 Å². The van der Waals surface area contributed by atoms with Crippen molar-refractivity contribution in [3.05, 3.63) is 24.2 Å². The maximum Gasteiger partial charge on any atom is 0.339 e. The molecule has 0 amide bonds. The summed E-state index contributed by atoms with van der Waals surface area (Å²) in [5.74, 6) is -2.25. The zero-order valence-corrected chi connectivity index (χ0v) is 20.8. The normalized spacial score (nSPS) is 55.0. The fourth-order valence-electron chi connectivity index (χ4n) is 9.30. The number of ether oxygens (including phenoxy) is 4. The van der Waals surface area contributed by atoms with E-state index >= 15 is 0 Å². The Balaban J connectivity index is 1.58. The van der Waals surface area contributed by atoms with Gasteiger partial charge in [-0.25, -0.2) is 4.79 Å². The van der Waals surface area contributed by atoms with Gasteiger partial charge >= 0.3 is 5.97 Å². The smallest absolute Gasteiger partial charge is 0.339 e. The summed E-state index contributed by atoms with van der Waals surface area (Å²) < 4.78 is 30.0. The number of carbonyl (C=O) groups excluding carboxylic acids is 2. The maximum atomic E-state index is 14.2. The predicted molar refractivity (Wildman–Crippen MR) is 117 cm³/mol. The highest BCUT2D eigenvalue weighted by atomic mass is 16.7. The fourth-order valence-corrected chi connectivity index (χ4v) is 9.30. The van der Waals surface area contributed by atoms with Crippen molar-refractivity contribution < 1.29 is 38.1 Å². The molecule has 4 heterocycles. The van der Waals surface area contributed by atoms with E-state index in [2.05, 4.69) is 6.92 Å². The Hall–Kier alpha value is -1.74. The lowest BCUT2D eigenvalue weighted by Gasteiger charge is -2.66. The van der Waals surface area contributed by atoms with E-state index in [0.29, 0.717) is 12.0 Å². The number of ketones is 1. The molecule has 1 N–H and O–H groups in total. The number of hydrogen-bond donors (Lipinski definition) is 1. The predicted octanol–water partition coefficient (Wildman–Crippen LogP) is 3.18. The molecule has 3 saturated heterocycles. The monoisotopic (exact) mass is 474 g/mol. The average Bonchev–Trinajstić information content (AvgIpc) is 3.28. The van der Waals surface area contributed by atoms with Gasteiger partial charge in [-0.2, -0.15) is 0 Å². The van der Waals surface area contributed by atoms with Gasteiger partial charge in [0.2, 0.25) is 0 Å². The van der Waals surface area contributed by atoms with Gasteiger partial charge in [-0.05, 0) is 40.2 Å². The molecule has 34 heavy (non-hydrogen) atoms. The second-order valence-corrected chi connectivity index (χ2v) is 12.3. The maximum absolute atomic E-state index is 14.2. The Morgan fingerprint density at radius 1 is 1.09 bits per heavy atom. The Morgan fingerprint density at radius 2 is 1.79 bits per heavy atom. The van der Waals surface area contributed by atoms with E-state index in [4.69, 9.17) is 23.4 Å². The highest BCUT2D eigenvalue weighted by Crippen LogP contribution is 2.80. The first kappa shape index (κ1) is 22.7. The van der Waals surface area contributed by atoms with Crippen LogP contribution in [0.3, 0.4) is 0 Å². The quantitative estimate of drug-likeness (QED) is 0.514. The van der Waals surface area contributed by atoms with Gasteiger partial charge in [0, 0.05) is 41.8 Å². The molecule has 1 spiro atoms. The largest absolute Gasteiger partial charge is 0.472 e. The van der Waals surface area contributed by atoms with Crippen LogP contribution in [-0.4, -0.2) is 53.2 Å². The number of hydrogen-bond acceptors (Lipinski definition) is 8. The molecule has 186 valence electrons. The summed E-state index contributed by atoms with van der Waals surface area (Å²) in [6.07, 6.45) is 1.20. The van der Waals surface area contributed by atoms with Crippen LogP contribution in [0, 0.1) is 28.1 Å². The first-order valence-corrected chi connectivity index (χ1v) is 12.1. The number of fused-ring (bicyclic) bond motifs is 3. The number of furan rings is 1. The molecular formula is C26H34O8. The van der Waals surface area contributed by atoms with Gasteiger partial charge in [-0.3, -0.25) is 4.79 Å². The van der Waals surface area contributed by atoms with Crippen molar-refractivity contribution in [2.24, 2.45) is 28.1 Å². The molecule has 0 radical (unpaired) electrons. The number of aliphatic hydroxyl groups is 1. The van der Waals surface area contributed by atoms with E-state index < -0.39 is 63.4 Å². The third-order valence-corrected chi connectivity index (χ3v) is 10.8. The number of aliphatic hydroxyl groups excluding tert-OH is 1. The van der Waals surface area contributed by atoms with Crippen molar-refractivity contribution in [1.29, 1.82) is 0 Å². The van der Waals surface area contributed by atoms with Crippen LogP contribution in [0.4, 0.5) is 0 Å². The summed E-state index contributed by atoms with van der Waals surface area (Å²) in [5, 5.41) is 11.9. The van der Waals surface area contributed by atoms with Crippen LogP contribution in [0.1, 0.15) is 66.1 Å². The van der Waals surface area contributed by atoms with Crippen molar-refractivity contribution in [2.75, 3.05) is 7.11 Å². The van der Waals surface area contributed by atoms with Crippen molar-refractivity contribution in [1.82, 2.24) is 0 Å². The minimum absolute atomic E-state index is 0.00915. The number of carbonyl (C=O) groups is 2. The molecule has 1 aromatic rings. The van der Waals surface area contributed by atoms with Crippen LogP contribution >= 0.6 is 0 Å². The summed E-state index contributed by atoms with van der Waals surface area (Å²) in [6.45, 7) is 11.8. The van der Waals surface area contributed by atoms with Gasteiger partial charge in [0.1, 0.15) is 17.5 Å². The topological polar surface area (TPSA) is 108 Å². The number of esters is 1. The number of epoxide rings is 1. The van der Waals surface area contributed by atoms with Crippen LogP contribution in [0.2, 0.25) is 0 Å². The van der Waals surface area contributed by atoms with E-state index in [1.807, 2.05) is 34.6 Å². The summed E-state index contributed by atoms with van der Waals surface area (Å²) in [4.78, 5) is 27.4. The Kier molecular flexibility index (Phi) is 4.10. The highest BCUT2D eigenvalue weighted by molar-refractivity contribution is 5.93. The van der Waals surface area contributed by atoms with Crippen molar-refractivity contribution in [3.8, 4) is 0 Å². The third kappa shape index (κ3) is 2.09. The lowest BCUT2D eigenvalue weighted by molar-refractivity contribution is -0.299. The van der Waals surface area contributed by atoms with Gasteiger partial charge in [0.15, 0.2) is 11.9 Å². The minimum Gasteiger partial charge on any atom is -0.472 e. The van der Waals surface area contributed by atoms with Crippen molar-refractivity contribution in [2.45, 2.75) is 89.7 Å². The molecule has 5 aliphatic rings. The highest BCUT2D eigenvalue weighted by Gasteiger charge is 2.91. The van der Waals surface area contributed by atoms with Crippen LogP contribution < -0.4 is 0 Å². The third-order valence-electron chi connectivity index (χ3n) is 10.8. The molecule has 5 fully saturated rings. The van der Waals surface area contributed by atoms with Gasteiger partial charge < -0.3 is 28.5 Å². The second kappa shape index (κ2) is 6.14. The minimum atomic E-state index is -1.15. The molecule has 10 atom stereocenters. The average molecular weight is 475 g/mol. The van der Waals surface area contributed by atoms with Gasteiger partial charge in [-0.1, -0.05) is 13.8 Å². The van der Waals surface area contributed by atoms with E-state index in [9.17, 15) is 14.7 Å². The van der Waals surface area contributed by atoms with Crippen LogP contribution in [0.5, 0.6) is 0 Å². The zero-order valence-electron chi connectivity index (χ0n) is 20.8. The van der Waals surface area contributed by atoms with Crippen molar-refractivity contribution in [3.63, 3.8) is 0 Å². The molecule has 2 aliphatic carbocycles. The first-order chi connectivity index (χ1) is 15.7. The second-order valence-electron chi connectivity index (χ2n) is 12.3. The van der Waals surface area contributed by atoms with E-state index in [1.54, 1.807) is 19.4 Å². The van der Waals surface area contributed by atoms with Crippen LogP contribution in [0.15, 0.2) is 23.0 Å². The van der Waals surface area contributed by atoms with Gasteiger partial charge in [0.05, 0.1) is 29.6 Å². The number of rotatable bonds is 2. The summed E-state index contributed by atoms with van der Waals surface area (Å²) in [7, 11) is 1.61. The standard InChI is InChI=1S/C26H34O8/c1-21(2)15-10-16(28)24(5)17(23(15,4)25(6,30-7)34-21)14(27)11-22(3)18(13-8-9-31-12-13)32-20(29)19-26(22,24)33-19/h8-9,12,14-15,17-19,27H,10-11H2,1-7H3/t14-,15-,17+,18-,19+,22-,23-,24+,25-,26+/m0/s1. The summed E-state index contributed by atoms with van der Waals surface area (Å²) in [6, 6.07) is 1.76. The first-order valence-electron chi connectivity index (χ1n) is 12.1. The fraction of sp³-hybridized carbons (Fsp3) is 0.769. The lowest BCUT2D eigenvalue weighted by Crippen LogP contribution is -2.75.